The van der Waals surface area contributed by atoms with Crippen molar-refractivity contribution in [3.05, 3.63) is 59.1 Å². The van der Waals surface area contributed by atoms with Crippen molar-refractivity contribution >= 4 is 22.6 Å². The van der Waals surface area contributed by atoms with Gasteiger partial charge in [-0.15, -0.1) is 5.10 Å². The van der Waals surface area contributed by atoms with E-state index in [1.807, 2.05) is 60.1 Å². The first-order valence-corrected chi connectivity index (χ1v) is 9.16. The lowest BCUT2D eigenvalue weighted by molar-refractivity contribution is -0.0840. The quantitative estimate of drug-likeness (QED) is 0.579. The molecule has 0 saturated heterocycles. The third-order valence-corrected chi connectivity index (χ3v) is 4.76. The summed E-state index contributed by atoms with van der Waals surface area (Å²) in [6, 6.07) is 15.8. The van der Waals surface area contributed by atoms with Crippen LogP contribution in [0.4, 0.5) is 0 Å². The Kier molecular flexibility index (Phi) is 5.40. The van der Waals surface area contributed by atoms with Crippen molar-refractivity contribution in [2.24, 2.45) is 5.92 Å². The normalized spacial score (nSPS) is 14.1. The first-order chi connectivity index (χ1) is 12.1. The summed E-state index contributed by atoms with van der Waals surface area (Å²) in [6.07, 6.45) is 1.76. The molecular formula is C20H24ClN3O. The van der Waals surface area contributed by atoms with Crippen LogP contribution >= 0.6 is 11.6 Å². The average molecular weight is 358 g/mol. The van der Waals surface area contributed by atoms with Crippen molar-refractivity contribution in [2.45, 2.75) is 39.3 Å². The number of nitrogens with zero attached hydrogens (tertiary/aromatic N) is 3. The van der Waals surface area contributed by atoms with E-state index in [0.717, 1.165) is 29.4 Å². The van der Waals surface area contributed by atoms with Gasteiger partial charge in [0.1, 0.15) is 5.52 Å². The molecule has 25 heavy (non-hydrogen) atoms. The maximum atomic E-state index is 6.59. The first-order valence-electron chi connectivity index (χ1n) is 8.78. The van der Waals surface area contributed by atoms with Crippen LogP contribution < -0.4 is 0 Å². The molecule has 132 valence electrons. The summed E-state index contributed by atoms with van der Waals surface area (Å²) >= 11 is 6.59. The molecule has 2 aromatic carbocycles. The van der Waals surface area contributed by atoms with Gasteiger partial charge < -0.3 is 4.74 Å². The van der Waals surface area contributed by atoms with Crippen LogP contribution in [0.15, 0.2) is 48.5 Å². The fourth-order valence-corrected chi connectivity index (χ4v) is 3.49. The molecular weight excluding hydrogens is 334 g/mol. The van der Waals surface area contributed by atoms with E-state index < -0.39 is 5.72 Å². The topological polar surface area (TPSA) is 39.9 Å². The highest BCUT2D eigenvalue weighted by Crippen LogP contribution is 2.39. The Morgan fingerprint density at radius 3 is 2.56 bits per heavy atom. The lowest BCUT2D eigenvalue weighted by Crippen LogP contribution is -2.39. The minimum atomic E-state index is -0.770. The zero-order chi connectivity index (χ0) is 17.9. The summed E-state index contributed by atoms with van der Waals surface area (Å²) in [6.45, 7) is 6.98. The van der Waals surface area contributed by atoms with Crippen LogP contribution in [0.3, 0.4) is 0 Å². The predicted octanol–water partition coefficient (Wildman–Crippen LogP) is 5.26. The maximum Gasteiger partial charge on any atom is 0.190 e. The van der Waals surface area contributed by atoms with E-state index in [2.05, 4.69) is 24.2 Å². The van der Waals surface area contributed by atoms with E-state index in [0.29, 0.717) is 17.5 Å². The molecule has 1 atom stereocenters. The maximum absolute atomic E-state index is 6.59. The number of ether oxygens (including phenoxy) is 1. The highest BCUT2D eigenvalue weighted by atomic mass is 35.5. The Hall–Kier alpha value is -1.91. The van der Waals surface area contributed by atoms with Crippen LogP contribution in [-0.2, 0) is 10.5 Å². The van der Waals surface area contributed by atoms with Gasteiger partial charge in [0.05, 0.1) is 5.52 Å². The van der Waals surface area contributed by atoms with Crippen molar-refractivity contribution in [3.8, 4) is 0 Å². The molecule has 1 heterocycles. The van der Waals surface area contributed by atoms with Crippen LogP contribution in [-0.4, -0.2) is 21.6 Å². The fourth-order valence-electron chi connectivity index (χ4n) is 3.20. The lowest BCUT2D eigenvalue weighted by Gasteiger charge is -2.35. The van der Waals surface area contributed by atoms with Gasteiger partial charge in [-0.05, 0) is 37.5 Å². The van der Waals surface area contributed by atoms with Gasteiger partial charge in [0.15, 0.2) is 5.72 Å². The average Bonchev–Trinajstić information content (AvgIpc) is 3.04. The van der Waals surface area contributed by atoms with Crippen LogP contribution in [0, 0.1) is 5.92 Å². The summed E-state index contributed by atoms with van der Waals surface area (Å²) in [4.78, 5) is 0. The summed E-state index contributed by atoms with van der Waals surface area (Å²) in [5, 5.41) is 9.48. The number of rotatable bonds is 7. The smallest absolute Gasteiger partial charge is 0.190 e. The molecule has 0 aliphatic heterocycles. The number of hydrogen-bond acceptors (Lipinski definition) is 3. The monoisotopic (exact) mass is 357 g/mol. The molecule has 0 amide bonds. The van der Waals surface area contributed by atoms with Crippen molar-refractivity contribution in [1.82, 2.24) is 15.0 Å². The zero-order valence-electron chi connectivity index (χ0n) is 14.9. The first kappa shape index (κ1) is 17.9. The summed E-state index contributed by atoms with van der Waals surface area (Å²) in [7, 11) is 0. The summed E-state index contributed by atoms with van der Waals surface area (Å²) in [5.74, 6) is 0.539. The van der Waals surface area contributed by atoms with Gasteiger partial charge in [-0.25, -0.2) is 4.68 Å². The van der Waals surface area contributed by atoms with Gasteiger partial charge in [-0.3, -0.25) is 0 Å². The van der Waals surface area contributed by atoms with Crippen LogP contribution in [0.1, 0.15) is 39.2 Å². The highest BCUT2D eigenvalue weighted by Gasteiger charge is 2.39. The molecule has 3 rings (SSSR count). The third kappa shape index (κ3) is 3.42. The molecule has 3 aromatic rings. The molecule has 0 N–H and O–H groups in total. The Bertz CT molecular complexity index is 846. The second-order valence-corrected chi connectivity index (χ2v) is 7.03. The summed E-state index contributed by atoms with van der Waals surface area (Å²) < 4.78 is 8.27. The molecule has 1 aromatic heterocycles. The predicted molar refractivity (Wildman–Crippen MR) is 102 cm³/mol. The van der Waals surface area contributed by atoms with E-state index in [1.54, 1.807) is 0 Å². The molecule has 0 aliphatic carbocycles. The van der Waals surface area contributed by atoms with Crippen LogP contribution in [0.5, 0.6) is 0 Å². The van der Waals surface area contributed by atoms with Crippen LogP contribution in [0.2, 0.25) is 5.02 Å². The number of fused-ring (bicyclic) bond motifs is 1. The van der Waals surface area contributed by atoms with Gasteiger partial charge in [0.25, 0.3) is 0 Å². The number of aromatic nitrogens is 3. The Balaban J connectivity index is 2.24. The Morgan fingerprint density at radius 2 is 1.84 bits per heavy atom. The molecule has 0 spiro atoms. The van der Waals surface area contributed by atoms with Gasteiger partial charge in [-0.2, -0.15) is 0 Å². The molecule has 0 aliphatic rings. The van der Waals surface area contributed by atoms with Crippen LogP contribution in [0.25, 0.3) is 11.0 Å². The summed E-state index contributed by atoms with van der Waals surface area (Å²) in [5.41, 5.74) is 1.95. The molecule has 0 saturated carbocycles. The minimum absolute atomic E-state index is 0.539. The largest absolute Gasteiger partial charge is 0.350 e. The number of para-hydroxylation sites is 1. The van der Waals surface area contributed by atoms with Crippen molar-refractivity contribution < 1.29 is 4.74 Å². The lowest BCUT2D eigenvalue weighted by atomic mass is 9.93. The van der Waals surface area contributed by atoms with E-state index in [1.165, 1.54) is 0 Å². The molecule has 0 radical (unpaired) electrons. The molecule has 0 bridgehead atoms. The molecule has 1 unspecified atom stereocenters. The number of halogens is 1. The zero-order valence-corrected chi connectivity index (χ0v) is 15.7. The Morgan fingerprint density at radius 1 is 1.12 bits per heavy atom. The third-order valence-electron chi connectivity index (χ3n) is 4.43. The van der Waals surface area contributed by atoms with E-state index in [4.69, 9.17) is 16.3 Å². The van der Waals surface area contributed by atoms with Crippen molar-refractivity contribution in [2.75, 3.05) is 6.61 Å². The molecule has 0 fully saturated rings. The van der Waals surface area contributed by atoms with E-state index in [-0.39, 0.29) is 0 Å². The second kappa shape index (κ2) is 7.54. The minimum Gasteiger partial charge on any atom is -0.350 e. The number of benzene rings is 2. The SMILES string of the molecule is CCOC(CCC(C)C)(c1ccccc1Cl)n1nnc2ccccc21. The second-order valence-electron chi connectivity index (χ2n) is 6.62. The van der Waals surface area contributed by atoms with Gasteiger partial charge in [0, 0.05) is 23.6 Å². The van der Waals surface area contributed by atoms with E-state index >= 15 is 0 Å². The molecule has 4 nitrogen and oxygen atoms in total. The standard InChI is InChI=1S/C20H24ClN3O/c1-4-25-20(14-13-15(2)3,16-9-5-6-10-17(16)21)24-19-12-8-7-11-18(19)22-23-24/h5-12,15H,4,13-14H2,1-3H3. The highest BCUT2D eigenvalue weighted by molar-refractivity contribution is 6.31. The fraction of sp³-hybridized carbons (Fsp3) is 0.400. The van der Waals surface area contributed by atoms with E-state index in [9.17, 15) is 0 Å². The molecule has 5 heteroatoms. The number of hydrogen-bond donors (Lipinski definition) is 0. The van der Waals surface area contributed by atoms with Gasteiger partial charge in [0.2, 0.25) is 0 Å². The van der Waals surface area contributed by atoms with Gasteiger partial charge in [-0.1, -0.05) is 61.0 Å². The van der Waals surface area contributed by atoms with Gasteiger partial charge >= 0.3 is 0 Å². The van der Waals surface area contributed by atoms with Crippen molar-refractivity contribution in [3.63, 3.8) is 0 Å². The van der Waals surface area contributed by atoms with Crippen molar-refractivity contribution in [1.29, 1.82) is 0 Å². The Labute approximate surface area is 153 Å².